The lowest BCUT2D eigenvalue weighted by Gasteiger charge is -2.11. The van der Waals surface area contributed by atoms with Gasteiger partial charge in [-0.05, 0) is 29.6 Å². The molecule has 0 spiro atoms. The summed E-state index contributed by atoms with van der Waals surface area (Å²) in [4.78, 5) is 12.6. The van der Waals surface area contributed by atoms with Gasteiger partial charge in [0.1, 0.15) is 5.71 Å². The number of halogens is 3. The standard InChI is InChI=1S/C16H15F3N2O3S/c1-23-12-6-5-10(8-13(12)24-2)15(22)21-20-14(16(17,18)19)9-11-4-3-7-25-11/h3-8H,9H2,1-2H3,(H,21,22)/b20-14-. The third kappa shape index (κ3) is 4.96. The fourth-order valence-corrected chi connectivity index (χ4v) is 2.65. The topological polar surface area (TPSA) is 59.9 Å². The predicted octanol–water partition coefficient (Wildman–Crippen LogP) is 3.66. The molecule has 1 N–H and O–H groups in total. The summed E-state index contributed by atoms with van der Waals surface area (Å²) in [6.45, 7) is 0. The normalized spacial score (nSPS) is 12.0. The number of thiophene rings is 1. The first-order valence-corrected chi connectivity index (χ1v) is 7.91. The summed E-state index contributed by atoms with van der Waals surface area (Å²) in [5.74, 6) is -0.0983. The van der Waals surface area contributed by atoms with Crippen molar-refractivity contribution < 1.29 is 27.4 Å². The molecular weight excluding hydrogens is 357 g/mol. The van der Waals surface area contributed by atoms with E-state index in [2.05, 4.69) is 5.10 Å². The lowest BCUT2D eigenvalue weighted by Crippen LogP contribution is -2.29. The van der Waals surface area contributed by atoms with Crippen LogP contribution in [0.2, 0.25) is 0 Å². The van der Waals surface area contributed by atoms with E-state index in [1.807, 2.05) is 5.43 Å². The molecule has 0 bridgehead atoms. The van der Waals surface area contributed by atoms with Gasteiger partial charge in [0, 0.05) is 16.9 Å². The number of amides is 1. The summed E-state index contributed by atoms with van der Waals surface area (Å²) < 4.78 is 49.3. The van der Waals surface area contributed by atoms with Crippen LogP contribution in [0.15, 0.2) is 40.8 Å². The van der Waals surface area contributed by atoms with Crippen LogP contribution in [0.1, 0.15) is 15.2 Å². The van der Waals surface area contributed by atoms with E-state index in [1.54, 1.807) is 17.5 Å². The highest BCUT2D eigenvalue weighted by molar-refractivity contribution is 7.10. The molecule has 0 saturated heterocycles. The van der Waals surface area contributed by atoms with Crippen molar-refractivity contribution >= 4 is 23.0 Å². The maximum Gasteiger partial charge on any atom is 0.431 e. The van der Waals surface area contributed by atoms with Gasteiger partial charge in [0.2, 0.25) is 0 Å². The zero-order valence-electron chi connectivity index (χ0n) is 13.4. The van der Waals surface area contributed by atoms with Crippen LogP contribution < -0.4 is 14.9 Å². The summed E-state index contributed by atoms with van der Waals surface area (Å²) in [7, 11) is 2.82. The molecule has 0 radical (unpaired) electrons. The second-order valence-electron chi connectivity index (χ2n) is 4.82. The molecule has 5 nitrogen and oxygen atoms in total. The van der Waals surface area contributed by atoms with Crippen LogP contribution in [0.5, 0.6) is 11.5 Å². The first-order chi connectivity index (χ1) is 11.8. The van der Waals surface area contributed by atoms with Crippen LogP contribution in [-0.2, 0) is 6.42 Å². The molecule has 9 heteroatoms. The van der Waals surface area contributed by atoms with Gasteiger partial charge in [-0.3, -0.25) is 4.79 Å². The van der Waals surface area contributed by atoms with Crippen LogP contribution in [0.4, 0.5) is 13.2 Å². The van der Waals surface area contributed by atoms with Gasteiger partial charge >= 0.3 is 6.18 Å². The van der Waals surface area contributed by atoms with E-state index < -0.39 is 24.2 Å². The van der Waals surface area contributed by atoms with Gasteiger partial charge in [0.15, 0.2) is 11.5 Å². The molecule has 25 heavy (non-hydrogen) atoms. The highest BCUT2D eigenvalue weighted by atomic mass is 32.1. The molecule has 0 atom stereocenters. The Morgan fingerprint density at radius 3 is 2.48 bits per heavy atom. The SMILES string of the molecule is COc1ccc(C(=O)N/N=C(/Cc2cccs2)C(F)(F)F)cc1OC. The Morgan fingerprint density at radius 1 is 1.20 bits per heavy atom. The van der Waals surface area contributed by atoms with Crippen molar-refractivity contribution in [1.82, 2.24) is 5.43 Å². The number of hydrogen-bond acceptors (Lipinski definition) is 5. The third-order valence-electron chi connectivity index (χ3n) is 3.19. The van der Waals surface area contributed by atoms with Crippen molar-refractivity contribution in [2.24, 2.45) is 5.10 Å². The number of alkyl halides is 3. The summed E-state index contributed by atoms with van der Waals surface area (Å²) in [5, 5.41) is 4.94. The number of carbonyl (C=O) groups is 1. The first-order valence-electron chi connectivity index (χ1n) is 7.03. The highest BCUT2D eigenvalue weighted by Crippen LogP contribution is 2.27. The Balaban J connectivity index is 2.18. The number of nitrogens with zero attached hydrogens (tertiary/aromatic N) is 1. The molecule has 134 valence electrons. The average molecular weight is 372 g/mol. The molecule has 0 aliphatic rings. The maximum absolute atomic E-state index is 13.1. The van der Waals surface area contributed by atoms with Gasteiger partial charge in [-0.15, -0.1) is 11.3 Å². The van der Waals surface area contributed by atoms with Crippen LogP contribution in [0.3, 0.4) is 0 Å². The molecule has 2 aromatic rings. The lowest BCUT2D eigenvalue weighted by atomic mass is 10.2. The molecule has 0 fully saturated rings. The molecule has 0 aliphatic heterocycles. The van der Waals surface area contributed by atoms with Crippen molar-refractivity contribution in [2.45, 2.75) is 12.6 Å². The number of methoxy groups -OCH3 is 2. The summed E-state index contributed by atoms with van der Waals surface area (Å²) in [5.41, 5.74) is 0.961. The number of rotatable bonds is 6. The first kappa shape index (κ1) is 18.8. The third-order valence-corrected chi connectivity index (χ3v) is 4.06. The number of ether oxygens (including phenoxy) is 2. The maximum atomic E-state index is 13.1. The quantitative estimate of drug-likeness (QED) is 0.622. The Kier molecular flexibility index (Phi) is 6.02. The van der Waals surface area contributed by atoms with Crippen LogP contribution in [-0.4, -0.2) is 32.0 Å². The van der Waals surface area contributed by atoms with Crippen molar-refractivity contribution in [3.05, 3.63) is 46.2 Å². The van der Waals surface area contributed by atoms with Crippen molar-refractivity contribution in [3.8, 4) is 11.5 Å². The van der Waals surface area contributed by atoms with Crippen LogP contribution in [0, 0.1) is 0 Å². The van der Waals surface area contributed by atoms with Gasteiger partial charge in [-0.1, -0.05) is 6.07 Å². The van der Waals surface area contributed by atoms with Gasteiger partial charge in [-0.2, -0.15) is 18.3 Å². The number of nitrogens with one attached hydrogen (secondary N) is 1. The second-order valence-corrected chi connectivity index (χ2v) is 5.86. The summed E-state index contributed by atoms with van der Waals surface area (Å²) >= 11 is 1.18. The minimum atomic E-state index is -4.64. The second kappa shape index (κ2) is 8.02. The number of carbonyl (C=O) groups excluding carboxylic acids is 1. The Labute approximate surface area is 146 Å². The van der Waals surface area contributed by atoms with E-state index >= 15 is 0 Å². The number of hydrazone groups is 1. The fraction of sp³-hybridized carbons (Fsp3) is 0.250. The van der Waals surface area contributed by atoms with Gasteiger partial charge in [0.25, 0.3) is 5.91 Å². The molecule has 1 heterocycles. The minimum absolute atomic E-state index is 0.0963. The minimum Gasteiger partial charge on any atom is -0.493 e. The number of benzene rings is 1. The van der Waals surface area contributed by atoms with E-state index in [4.69, 9.17) is 9.47 Å². The highest BCUT2D eigenvalue weighted by Gasteiger charge is 2.36. The molecule has 0 saturated carbocycles. The zero-order chi connectivity index (χ0) is 18.4. The zero-order valence-corrected chi connectivity index (χ0v) is 14.2. The molecular formula is C16H15F3N2O3S. The van der Waals surface area contributed by atoms with Crippen LogP contribution in [0.25, 0.3) is 0 Å². The van der Waals surface area contributed by atoms with Crippen molar-refractivity contribution in [3.63, 3.8) is 0 Å². The lowest BCUT2D eigenvalue weighted by molar-refractivity contribution is -0.0604. The Hall–Kier alpha value is -2.55. The largest absolute Gasteiger partial charge is 0.493 e. The van der Waals surface area contributed by atoms with E-state index in [0.29, 0.717) is 10.6 Å². The van der Waals surface area contributed by atoms with Gasteiger partial charge in [0.05, 0.1) is 14.2 Å². The van der Waals surface area contributed by atoms with Gasteiger partial charge in [-0.25, -0.2) is 5.43 Å². The Morgan fingerprint density at radius 2 is 1.92 bits per heavy atom. The van der Waals surface area contributed by atoms with Crippen LogP contribution >= 0.6 is 11.3 Å². The summed E-state index contributed by atoms with van der Waals surface area (Å²) in [6.07, 6.45) is -5.05. The molecule has 0 unspecified atom stereocenters. The van der Waals surface area contributed by atoms with E-state index in [9.17, 15) is 18.0 Å². The molecule has 2 rings (SSSR count). The molecule has 1 aromatic carbocycles. The van der Waals surface area contributed by atoms with Gasteiger partial charge < -0.3 is 9.47 Å². The van der Waals surface area contributed by atoms with Crippen molar-refractivity contribution in [1.29, 1.82) is 0 Å². The van der Waals surface area contributed by atoms with E-state index in [-0.39, 0.29) is 11.3 Å². The molecule has 1 amide bonds. The van der Waals surface area contributed by atoms with E-state index in [1.165, 1.54) is 43.8 Å². The smallest absolute Gasteiger partial charge is 0.431 e. The number of hydrogen-bond donors (Lipinski definition) is 1. The molecule has 0 aliphatic carbocycles. The summed E-state index contributed by atoms with van der Waals surface area (Å²) in [6, 6.07) is 7.46. The Bertz CT molecular complexity index is 758. The predicted molar refractivity (Wildman–Crippen MR) is 88.5 cm³/mol. The van der Waals surface area contributed by atoms with Crippen molar-refractivity contribution in [2.75, 3.05) is 14.2 Å². The van der Waals surface area contributed by atoms with E-state index in [0.717, 1.165) is 0 Å². The molecule has 1 aromatic heterocycles. The monoisotopic (exact) mass is 372 g/mol. The average Bonchev–Trinajstić information content (AvgIpc) is 3.09. The fourth-order valence-electron chi connectivity index (χ4n) is 1.94.